The summed E-state index contributed by atoms with van der Waals surface area (Å²) in [6.07, 6.45) is 3.54. The van der Waals surface area contributed by atoms with E-state index in [0.29, 0.717) is 6.54 Å². The molecule has 146 valence electrons. The Morgan fingerprint density at radius 3 is 2.96 bits per heavy atom. The van der Waals surface area contributed by atoms with Gasteiger partial charge in [0.2, 0.25) is 0 Å². The summed E-state index contributed by atoms with van der Waals surface area (Å²) in [6.45, 7) is 6.84. The number of morpholine rings is 1. The Kier molecular flexibility index (Phi) is 6.17. The molecule has 3 heterocycles. The van der Waals surface area contributed by atoms with Gasteiger partial charge in [0.15, 0.2) is 5.13 Å². The molecule has 0 spiro atoms. The number of fused-ring (bicyclic) bond motifs is 1. The first-order valence-electron chi connectivity index (χ1n) is 9.39. The van der Waals surface area contributed by atoms with Crippen LogP contribution >= 0.6 is 22.7 Å². The third kappa shape index (κ3) is 4.67. The number of nitrogens with zero attached hydrogens (tertiary/aromatic N) is 3. The van der Waals surface area contributed by atoms with E-state index in [-0.39, 0.29) is 5.91 Å². The summed E-state index contributed by atoms with van der Waals surface area (Å²) in [5, 5.41) is 2.77. The third-order valence-corrected chi connectivity index (χ3v) is 6.59. The van der Waals surface area contributed by atoms with Crippen LogP contribution in [-0.4, -0.2) is 55.2 Å². The lowest BCUT2D eigenvalue weighted by Crippen LogP contribution is -2.42. The highest BCUT2D eigenvalue weighted by Gasteiger charge is 2.20. The van der Waals surface area contributed by atoms with Gasteiger partial charge in [0.1, 0.15) is 0 Å². The molecule has 2 aromatic heterocycles. The maximum atomic E-state index is 13.0. The molecule has 0 unspecified atom stereocenters. The summed E-state index contributed by atoms with van der Waals surface area (Å²) in [5.41, 5.74) is 2.14. The number of rotatable bonds is 6. The number of ether oxygens (including phenoxy) is 1. The molecule has 0 atom stereocenters. The zero-order valence-corrected chi connectivity index (χ0v) is 17.5. The zero-order chi connectivity index (χ0) is 19.3. The normalized spacial score (nSPS) is 15.5. The van der Waals surface area contributed by atoms with Crippen molar-refractivity contribution in [2.75, 3.05) is 44.3 Å². The van der Waals surface area contributed by atoms with Crippen LogP contribution in [0.4, 0.5) is 5.13 Å². The molecule has 1 fully saturated rings. The molecule has 1 amide bonds. The highest BCUT2D eigenvalue weighted by Crippen LogP contribution is 2.30. The van der Waals surface area contributed by atoms with Crippen molar-refractivity contribution in [1.82, 2.24) is 9.88 Å². The van der Waals surface area contributed by atoms with E-state index in [0.717, 1.165) is 53.1 Å². The fraction of sp³-hybridized carbons (Fsp3) is 0.333. The lowest BCUT2D eigenvalue weighted by Gasteiger charge is -2.28. The molecule has 1 aromatic carbocycles. The van der Waals surface area contributed by atoms with E-state index in [2.05, 4.69) is 24.0 Å². The summed E-state index contributed by atoms with van der Waals surface area (Å²) < 4.78 is 6.54. The number of carbonyl (C=O) groups is 1. The number of thiophene rings is 1. The zero-order valence-electron chi connectivity index (χ0n) is 15.8. The van der Waals surface area contributed by atoms with Gasteiger partial charge in [-0.25, -0.2) is 4.98 Å². The molecule has 0 N–H and O–H groups in total. The van der Waals surface area contributed by atoms with Crippen LogP contribution in [0.3, 0.4) is 0 Å². The van der Waals surface area contributed by atoms with Gasteiger partial charge in [0, 0.05) is 37.1 Å². The molecule has 1 saturated heterocycles. The largest absolute Gasteiger partial charge is 0.379 e. The minimum absolute atomic E-state index is 0.0302. The molecule has 0 aliphatic carbocycles. The summed E-state index contributed by atoms with van der Waals surface area (Å²) in [5.74, 6) is -0.0302. The number of carbonyl (C=O) groups excluding carboxylic acids is 1. The van der Waals surface area contributed by atoms with Gasteiger partial charge in [0.05, 0.1) is 23.4 Å². The highest BCUT2D eigenvalue weighted by molar-refractivity contribution is 7.22. The van der Waals surface area contributed by atoms with Crippen molar-refractivity contribution in [2.24, 2.45) is 0 Å². The van der Waals surface area contributed by atoms with E-state index in [1.54, 1.807) is 33.6 Å². The van der Waals surface area contributed by atoms with Gasteiger partial charge < -0.3 is 4.74 Å². The quantitative estimate of drug-likeness (QED) is 0.572. The van der Waals surface area contributed by atoms with E-state index < -0.39 is 0 Å². The molecule has 5 nitrogen and oxygen atoms in total. The van der Waals surface area contributed by atoms with Crippen LogP contribution in [0.2, 0.25) is 0 Å². The summed E-state index contributed by atoms with van der Waals surface area (Å²) >= 11 is 3.20. The predicted octanol–water partition coefficient (Wildman–Crippen LogP) is 4.04. The lowest BCUT2D eigenvalue weighted by atomic mass is 10.2. The molecular formula is C21H23N3O2S2. The second-order valence-electron chi connectivity index (χ2n) is 6.76. The van der Waals surface area contributed by atoms with E-state index >= 15 is 0 Å². The van der Waals surface area contributed by atoms with E-state index in [4.69, 9.17) is 9.72 Å². The Bertz CT molecular complexity index is 959. The molecule has 28 heavy (non-hydrogen) atoms. The van der Waals surface area contributed by atoms with Crippen LogP contribution < -0.4 is 4.90 Å². The number of hydrogen-bond acceptors (Lipinski definition) is 6. The second-order valence-corrected chi connectivity index (χ2v) is 8.75. The van der Waals surface area contributed by atoms with Crippen molar-refractivity contribution in [3.63, 3.8) is 0 Å². The fourth-order valence-electron chi connectivity index (χ4n) is 3.13. The molecule has 1 aliphatic rings. The minimum atomic E-state index is -0.0302. The Balaban J connectivity index is 1.56. The number of benzene rings is 1. The maximum Gasteiger partial charge on any atom is 0.252 e. The number of anilines is 1. The second kappa shape index (κ2) is 8.96. The van der Waals surface area contributed by atoms with E-state index in [1.165, 1.54) is 5.56 Å². The molecule has 0 saturated carbocycles. The Hall–Kier alpha value is -2.06. The van der Waals surface area contributed by atoms with Crippen molar-refractivity contribution < 1.29 is 9.53 Å². The van der Waals surface area contributed by atoms with Gasteiger partial charge in [-0.3, -0.25) is 14.6 Å². The predicted molar refractivity (Wildman–Crippen MR) is 117 cm³/mol. The van der Waals surface area contributed by atoms with Crippen LogP contribution in [0.15, 0.2) is 41.8 Å². The van der Waals surface area contributed by atoms with Gasteiger partial charge >= 0.3 is 0 Å². The standard InChI is InChI=1S/C21H23N3O2S2/c1-16-4-6-18-19(15-16)28-21(22-18)24(9-8-23-10-12-26-13-11-23)20(25)7-5-17-3-2-14-27-17/h2-7,14-15H,8-13H2,1H3/b7-5+. The summed E-state index contributed by atoms with van der Waals surface area (Å²) in [7, 11) is 0. The first-order valence-corrected chi connectivity index (χ1v) is 11.1. The number of thiazole rings is 1. The van der Waals surface area contributed by atoms with Gasteiger partial charge in [-0.15, -0.1) is 11.3 Å². The molecule has 0 bridgehead atoms. The highest BCUT2D eigenvalue weighted by atomic mass is 32.1. The smallest absolute Gasteiger partial charge is 0.252 e. The van der Waals surface area contributed by atoms with E-state index in [9.17, 15) is 4.79 Å². The van der Waals surface area contributed by atoms with Crippen LogP contribution in [0.5, 0.6) is 0 Å². The SMILES string of the molecule is Cc1ccc2nc(N(CCN3CCOCC3)C(=O)/C=C/c3cccs3)sc2c1. The lowest BCUT2D eigenvalue weighted by molar-refractivity contribution is -0.114. The Morgan fingerprint density at radius 2 is 2.18 bits per heavy atom. The van der Waals surface area contributed by atoms with Gasteiger partial charge in [-0.2, -0.15) is 0 Å². The summed E-state index contributed by atoms with van der Waals surface area (Å²) in [6, 6.07) is 10.2. The molecule has 4 rings (SSSR count). The number of amides is 1. The number of aryl methyl sites for hydroxylation is 1. The van der Waals surface area contributed by atoms with Crippen LogP contribution in [0.1, 0.15) is 10.4 Å². The monoisotopic (exact) mass is 413 g/mol. The summed E-state index contributed by atoms with van der Waals surface area (Å²) in [4.78, 5) is 23.0. The fourth-order valence-corrected chi connectivity index (χ4v) is 4.84. The Morgan fingerprint density at radius 1 is 1.32 bits per heavy atom. The molecule has 3 aromatic rings. The topological polar surface area (TPSA) is 45.7 Å². The van der Waals surface area contributed by atoms with Crippen LogP contribution in [-0.2, 0) is 9.53 Å². The van der Waals surface area contributed by atoms with Crippen molar-refractivity contribution in [3.05, 3.63) is 52.2 Å². The van der Waals surface area contributed by atoms with Crippen molar-refractivity contribution in [1.29, 1.82) is 0 Å². The van der Waals surface area contributed by atoms with Crippen LogP contribution in [0, 0.1) is 6.92 Å². The Labute approximate surface area is 172 Å². The number of hydrogen-bond donors (Lipinski definition) is 0. The van der Waals surface area contributed by atoms with Crippen LogP contribution in [0.25, 0.3) is 16.3 Å². The average Bonchev–Trinajstić information content (AvgIpc) is 3.36. The molecule has 0 radical (unpaired) electrons. The van der Waals surface area contributed by atoms with Gasteiger partial charge in [-0.1, -0.05) is 23.5 Å². The van der Waals surface area contributed by atoms with Gasteiger partial charge in [-0.05, 0) is 42.1 Å². The number of aromatic nitrogens is 1. The third-order valence-electron chi connectivity index (χ3n) is 4.71. The van der Waals surface area contributed by atoms with E-state index in [1.807, 2.05) is 29.7 Å². The molecular weight excluding hydrogens is 390 g/mol. The molecule has 1 aliphatic heterocycles. The van der Waals surface area contributed by atoms with Crippen molar-refractivity contribution >= 4 is 50.0 Å². The maximum absolute atomic E-state index is 13.0. The van der Waals surface area contributed by atoms with Gasteiger partial charge in [0.25, 0.3) is 5.91 Å². The first kappa shape index (κ1) is 19.3. The average molecular weight is 414 g/mol. The first-order chi connectivity index (χ1) is 13.7. The van der Waals surface area contributed by atoms with Crippen molar-refractivity contribution in [3.8, 4) is 0 Å². The van der Waals surface area contributed by atoms with Crippen molar-refractivity contribution in [2.45, 2.75) is 6.92 Å². The molecule has 7 heteroatoms. The minimum Gasteiger partial charge on any atom is -0.379 e.